The molecule has 1 aliphatic rings. The average Bonchev–Trinajstić information content (AvgIpc) is 3.81. The van der Waals surface area contributed by atoms with E-state index in [1.54, 1.807) is 11.3 Å². The number of nitrogens with zero attached hydrogens (tertiary/aromatic N) is 4. The van der Waals surface area contributed by atoms with Gasteiger partial charge in [0.1, 0.15) is 0 Å². The molecular weight excluding hydrogens is 701 g/mol. The Balaban J connectivity index is 1.12. The lowest BCUT2D eigenvalue weighted by Crippen LogP contribution is -2.00. The lowest BCUT2D eigenvalue weighted by molar-refractivity contribution is 1.07. The van der Waals surface area contributed by atoms with Gasteiger partial charge in [-0.05, 0) is 81.9 Å². The average molecular weight is 731 g/mol. The van der Waals surface area contributed by atoms with E-state index < -0.39 is 0 Å². The van der Waals surface area contributed by atoms with Gasteiger partial charge in [-0.1, -0.05) is 133 Å². The molecule has 12 rings (SSSR count). The normalized spacial score (nSPS) is 11.9. The smallest absolute Gasteiger partial charge is 0.164 e. The largest absolute Gasteiger partial charge is 0.309 e. The lowest BCUT2D eigenvalue weighted by atomic mass is 9.97. The van der Waals surface area contributed by atoms with E-state index in [2.05, 4.69) is 187 Å². The Bertz CT molecular complexity index is 3380. The molecule has 11 aromatic rings. The van der Waals surface area contributed by atoms with E-state index >= 15 is 0 Å². The van der Waals surface area contributed by atoms with Crippen LogP contribution in [0.1, 0.15) is 0 Å². The fourth-order valence-electron chi connectivity index (χ4n) is 8.51. The standard InChI is InChI=1S/C51H30N4S/c1-2-10-31(11-3-1)40-19-9-20-44-48(40)43-25-22-35-29-45(43)55(44)39-17-8-14-34(28-39)32-12-6-15-36(26-32)49-52-50(37-16-7-13-33(35)27-37)54-51(53-49)38-23-24-42-41-18-4-5-21-46(41)56-47(42)30-38/h1-30H. The predicted octanol–water partition coefficient (Wildman–Crippen LogP) is 13.7. The summed E-state index contributed by atoms with van der Waals surface area (Å²) in [5.74, 6) is 1.94. The molecule has 0 aliphatic carbocycles. The van der Waals surface area contributed by atoms with Crippen molar-refractivity contribution in [3.63, 3.8) is 0 Å². The molecule has 56 heavy (non-hydrogen) atoms. The summed E-state index contributed by atoms with van der Waals surface area (Å²) >= 11 is 1.80. The van der Waals surface area contributed by atoms with E-state index in [0.29, 0.717) is 17.5 Å². The number of aromatic nitrogens is 4. The van der Waals surface area contributed by atoms with Gasteiger partial charge in [-0.25, -0.2) is 15.0 Å². The second kappa shape index (κ2) is 12.2. The van der Waals surface area contributed by atoms with Gasteiger partial charge in [-0.3, -0.25) is 0 Å². The van der Waals surface area contributed by atoms with Crippen molar-refractivity contribution in [3.05, 3.63) is 182 Å². The van der Waals surface area contributed by atoms with Crippen molar-refractivity contribution in [3.8, 4) is 73.2 Å². The minimum Gasteiger partial charge on any atom is -0.309 e. The topological polar surface area (TPSA) is 43.6 Å². The number of thiophene rings is 1. The summed E-state index contributed by atoms with van der Waals surface area (Å²) in [7, 11) is 0. The third-order valence-corrected chi connectivity index (χ3v) is 12.3. The van der Waals surface area contributed by atoms with E-state index in [1.807, 2.05) is 0 Å². The van der Waals surface area contributed by atoms with Crippen LogP contribution in [0, 0.1) is 0 Å². The van der Waals surface area contributed by atoms with E-state index in [-0.39, 0.29) is 0 Å². The fraction of sp³-hybridized carbons (Fsp3) is 0. The Morgan fingerprint density at radius 3 is 1.66 bits per heavy atom. The highest BCUT2D eigenvalue weighted by molar-refractivity contribution is 7.25. The van der Waals surface area contributed by atoms with Crippen LogP contribution in [0.5, 0.6) is 0 Å². The maximum absolute atomic E-state index is 5.18. The highest BCUT2D eigenvalue weighted by atomic mass is 32.1. The van der Waals surface area contributed by atoms with Crippen LogP contribution >= 0.6 is 11.3 Å². The molecule has 5 heteroatoms. The fourth-order valence-corrected chi connectivity index (χ4v) is 9.66. The first-order chi connectivity index (χ1) is 27.7. The molecule has 0 saturated heterocycles. The predicted molar refractivity (Wildman–Crippen MR) is 233 cm³/mol. The summed E-state index contributed by atoms with van der Waals surface area (Å²) in [5, 5.41) is 4.99. The zero-order valence-electron chi connectivity index (χ0n) is 30.0. The Kier molecular flexibility index (Phi) is 6.76. The molecule has 10 bridgehead atoms. The molecule has 0 radical (unpaired) electrons. The Hall–Kier alpha value is -7.21. The number of rotatable bonds is 2. The Morgan fingerprint density at radius 2 is 0.893 bits per heavy atom. The van der Waals surface area contributed by atoms with E-state index in [9.17, 15) is 0 Å². The monoisotopic (exact) mass is 730 g/mol. The third-order valence-electron chi connectivity index (χ3n) is 11.2. The third kappa shape index (κ3) is 4.88. The molecule has 3 aromatic heterocycles. The Morgan fingerprint density at radius 1 is 0.339 bits per heavy atom. The maximum atomic E-state index is 5.18. The minimum absolute atomic E-state index is 0.644. The molecule has 0 fully saturated rings. The maximum Gasteiger partial charge on any atom is 0.164 e. The van der Waals surface area contributed by atoms with Gasteiger partial charge in [0.2, 0.25) is 0 Å². The number of hydrogen-bond acceptors (Lipinski definition) is 4. The first-order valence-electron chi connectivity index (χ1n) is 18.8. The quantitative estimate of drug-likeness (QED) is 0.178. The summed E-state index contributed by atoms with van der Waals surface area (Å²) < 4.78 is 4.92. The second-order valence-electron chi connectivity index (χ2n) is 14.5. The van der Waals surface area contributed by atoms with Gasteiger partial charge in [0.05, 0.1) is 11.0 Å². The van der Waals surface area contributed by atoms with Crippen LogP contribution in [0.3, 0.4) is 0 Å². The minimum atomic E-state index is 0.644. The van der Waals surface area contributed by atoms with Gasteiger partial charge in [0.25, 0.3) is 0 Å². The highest BCUT2D eigenvalue weighted by Crippen LogP contribution is 2.42. The van der Waals surface area contributed by atoms with Gasteiger partial charge in [-0.15, -0.1) is 11.3 Å². The molecule has 0 spiro atoms. The van der Waals surface area contributed by atoms with Crippen LogP contribution in [0.4, 0.5) is 0 Å². The zero-order valence-corrected chi connectivity index (χ0v) is 30.8. The highest BCUT2D eigenvalue weighted by Gasteiger charge is 2.20. The van der Waals surface area contributed by atoms with Crippen LogP contribution in [0.25, 0.3) is 115 Å². The molecule has 0 N–H and O–H groups in total. The van der Waals surface area contributed by atoms with Crippen LogP contribution in [0.2, 0.25) is 0 Å². The van der Waals surface area contributed by atoms with Crippen LogP contribution in [0.15, 0.2) is 182 Å². The number of benzene rings is 8. The van der Waals surface area contributed by atoms with Gasteiger partial charge >= 0.3 is 0 Å². The Labute approximate surface area is 326 Å². The molecule has 1 aliphatic heterocycles. The molecular formula is C51H30N4S. The summed E-state index contributed by atoms with van der Waals surface area (Å²) in [6, 6.07) is 65.5. The molecule has 0 atom stereocenters. The first-order valence-corrected chi connectivity index (χ1v) is 19.7. The lowest BCUT2D eigenvalue weighted by Gasteiger charge is -2.13. The summed E-state index contributed by atoms with van der Waals surface area (Å²) in [5.41, 5.74) is 13.2. The molecule has 0 unspecified atom stereocenters. The SMILES string of the molecule is c1ccc(-c2cccc3c2c2ccc4cc2n3-c2cccc(c2)-c2cccc(c2)-c2nc(nc(-c3ccc5c(c3)sc3ccccc35)n2)-c2cccc-4c2)cc1. The van der Waals surface area contributed by atoms with Gasteiger partial charge in [0.15, 0.2) is 17.5 Å². The molecule has 8 aromatic carbocycles. The van der Waals surface area contributed by atoms with Crippen LogP contribution in [-0.4, -0.2) is 19.5 Å². The van der Waals surface area contributed by atoms with E-state index in [1.165, 1.54) is 47.6 Å². The van der Waals surface area contributed by atoms with Crippen LogP contribution < -0.4 is 0 Å². The van der Waals surface area contributed by atoms with Gasteiger partial charge < -0.3 is 4.57 Å². The second-order valence-corrected chi connectivity index (χ2v) is 15.5. The zero-order chi connectivity index (χ0) is 36.7. The molecule has 0 saturated carbocycles. The van der Waals surface area contributed by atoms with Crippen molar-refractivity contribution in [1.82, 2.24) is 19.5 Å². The van der Waals surface area contributed by atoms with E-state index in [0.717, 1.165) is 50.1 Å². The number of fused-ring (bicyclic) bond motifs is 20. The summed E-state index contributed by atoms with van der Waals surface area (Å²) in [4.78, 5) is 15.5. The molecule has 4 heterocycles. The van der Waals surface area contributed by atoms with Crippen LogP contribution in [-0.2, 0) is 0 Å². The number of hydrogen-bond donors (Lipinski definition) is 0. The van der Waals surface area contributed by atoms with Crippen molar-refractivity contribution in [2.45, 2.75) is 0 Å². The van der Waals surface area contributed by atoms with Crippen molar-refractivity contribution in [2.24, 2.45) is 0 Å². The van der Waals surface area contributed by atoms with Gasteiger partial charge in [-0.2, -0.15) is 0 Å². The van der Waals surface area contributed by atoms with Crippen molar-refractivity contribution in [2.75, 3.05) is 0 Å². The molecule has 260 valence electrons. The molecule has 0 amide bonds. The summed E-state index contributed by atoms with van der Waals surface area (Å²) in [6.45, 7) is 0. The van der Waals surface area contributed by atoms with Crippen molar-refractivity contribution in [1.29, 1.82) is 0 Å². The van der Waals surface area contributed by atoms with E-state index in [4.69, 9.17) is 15.0 Å². The first kappa shape index (κ1) is 31.2. The molecule has 4 nitrogen and oxygen atoms in total. The van der Waals surface area contributed by atoms with Crippen molar-refractivity contribution >= 4 is 53.3 Å². The summed E-state index contributed by atoms with van der Waals surface area (Å²) in [6.07, 6.45) is 0. The van der Waals surface area contributed by atoms with Crippen molar-refractivity contribution < 1.29 is 0 Å². The van der Waals surface area contributed by atoms with Gasteiger partial charge in [0, 0.05) is 53.3 Å².